The lowest BCUT2D eigenvalue weighted by Crippen LogP contribution is -2.31. The third-order valence-electron chi connectivity index (χ3n) is 4.91. The number of rotatable bonds is 6. The molecule has 4 rings (SSSR count). The number of pyridine rings is 1. The van der Waals surface area contributed by atoms with Crippen molar-refractivity contribution in [1.82, 2.24) is 4.98 Å². The fraction of sp³-hybridized carbons (Fsp3) is 0.0833. The Kier molecular flexibility index (Phi) is 5.95. The van der Waals surface area contributed by atoms with Gasteiger partial charge < -0.3 is 19.9 Å². The first-order valence-corrected chi connectivity index (χ1v) is 9.74. The maximum absolute atomic E-state index is 13.7. The fourth-order valence-corrected chi connectivity index (χ4v) is 3.35. The largest absolute Gasteiger partial charge is 0.493 e. The summed E-state index contributed by atoms with van der Waals surface area (Å²) in [6, 6.07) is 13.9. The van der Waals surface area contributed by atoms with E-state index in [4.69, 9.17) is 19.9 Å². The summed E-state index contributed by atoms with van der Waals surface area (Å²) >= 11 is 0. The molecule has 0 saturated carbocycles. The zero-order valence-electron chi connectivity index (χ0n) is 17.7. The molecule has 1 heterocycles. The Morgan fingerprint density at radius 3 is 2.15 bits per heavy atom. The molecule has 2 amide bonds. The molecule has 0 radical (unpaired) electrons. The zero-order valence-corrected chi connectivity index (χ0v) is 17.7. The number of methoxy groups -OCH3 is 2. The highest BCUT2D eigenvalue weighted by Crippen LogP contribution is 2.37. The zero-order chi connectivity index (χ0) is 23.5. The lowest BCUT2D eigenvalue weighted by atomic mass is 10.1. The van der Waals surface area contributed by atoms with Crippen molar-refractivity contribution in [3.63, 3.8) is 0 Å². The molecule has 2 N–H and O–H groups in total. The molecule has 0 fully saturated rings. The van der Waals surface area contributed by atoms with E-state index in [2.05, 4.69) is 4.98 Å². The summed E-state index contributed by atoms with van der Waals surface area (Å²) in [4.78, 5) is 17.4. The number of ether oxygens (including phenoxy) is 3. The Labute approximate surface area is 187 Å². The van der Waals surface area contributed by atoms with Crippen molar-refractivity contribution in [2.45, 2.75) is 0 Å². The van der Waals surface area contributed by atoms with Gasteiger partial charge in [-0.25, -0.2) is 13.6 Å². The van der Waals surface area contributed by atoms with Crippen molar-refractivity contribution in [3.05, 3.63) is 78.5 Å². The summed E-state index contributed by atoms with van der Waals surface area (Å²) in [7, 11) is 3.08. The number of carbonyl (C=O) groups excluding carboxylic acids is 1. The van der Waals surface area contributed by atoms with E-state index in [1.165, 1.54) is 13.2 Å². The van der Waals surface area contributed by atoms with Gasteiger partial charge >= 0.3 is 6.03 Å². The summed E-state index contributed by atoms with van der Waals surface area (Å²) < 4.78 is 43.6. The number of fused-ring (bicyclic) bond motifs is 1. The SMILES string of the molecule is COc1cc2nccc(Oc3ccc(N(C(N)=O)c4ccc(F)c(F)c4)cc3)c2cc1OC. The highest BCUT2D eigenvalue weighted by molar-refractivity contribution is 5.98. The van der Waals surface area contributed by atoms with Crippen LogP contribution in [0.1, 0.15) is 0 Å². The maximum Gasteiger partial charge on any atom is 0.323 e. The molecule has 9 heteroatoms. The summed E-state index contributed by atoms with van der Waals surface area (Å²) in [5, 5.41) is 0.708. The first kappa shape index (κ1) is 21.8. The number of amides is 2. The van der Waals surface area contributed by atoms with Crippen LogP contribution in [0.3, 0.4) is 0 Å². The number of hydrogen-bond acceptors (Lipinski definition) is 5. The highest BCUT2D eigenvalue weighted by atomic mass is 19.2. The summed E-state index contributed by atoms with van der Waals surface area (Å²) in [6.45, 7) is 0. The Morgan fingerprint density at radius 2 is 1.52 bits per heavy atom. The molecule has 0 aliphatic rings. The van der Waals surface area contributed by atoms with Gasteiger partial charge in [0, 0.05) is 23.7 Å². The number of nitrogens with zero attached hydrogens (tertiary/aromatic N) is 2. The van der Waals surface area contributed by atoms with Gasteiger partial charge in [-0.05, 0) is 48.5 Å². The van der Waals surface area contributed by atoms with Crippen LogP contribution in [-0.2, 0) is 0 Å². The van der Waals surface area contributed by atoms with Gasteiger partial charge in [0.2, 0.25) is 0 Å². The second-order valence-electron chi connectivity index (χ2n) is 6.90. The van der Waals surface area contributed by atoms with Gasteiger partial charge in [0.1, 0.15) is 11.5 Å². The molecule has 168 valence electrons. The molecule has 0 bridgehead atoms. The highest BCUT2D eigenvalue weighted by Gasteiger charge is 2.17. The Bertz CT molecular complexity index is 1330. The van der Waals surface area contributed by atoms with Gasteiger partial charge in [-0.3, -0.25) is 9.88 Å². The molecule has 33 heavy (non-hydrogen) atoms. The molecule has 0 aliphatic carbocycles. The number of primary amides is 1. The first-order valence-electron chi connectivity index (χ1n) is 9.74. The van der Waals surface area contributed by atoms with Crippen molar-refractivity contribution in [2.75, 3.05) is 19.1 Å². The van der Waals surface area contributed by atoms with Crippen molar-refractivity contribution < 1.29 is 27.8 Å². The van der Waals surface area contributed by atoms with Crippen LogP contribution in [0.25, 0.3) is 10.9 Å². The third-order valence-corrected chi connectivity index (χ3v) is 4.91. The van der Waals surface area contributed by atoms with E-state index in [1.807, 2.05) is 0 Å². The van der Waals surface area contributed by atoms with Crippen molar-refractivity contribution in [3.8, 4) is 23.0 Å². The van der Waals surface area contributed by atoms with Crippen LogP contribution in [0.5, 0.6) is 23.0 Å². The second kappa shape index (κ2) is 8.99. The van der Waals surface area contributed by atoms with E-state index < -0.39 is 17.7 Å². The monoisotopic (exact) mass is 451 g/mol. The third kappa shape index (κ3) is 4.33. The minimum Gasteiger partial charge on any atom is -0.493 e. The number of halogens is 2. The average molecular weight is 451 g/mol. The standard InChI is InChI=1S/C24H19F2N3O4/c1-31-22-12-17-20(13-23(22)32-2)28-10-9-21(17)33-16-6-3-14(4-7-16)29(24(27)30)15-5-8-18(25)19(26)11-15/h3-13H,1-2H3,(H2,27,30). The molecule has 0 saturated heterocycles. The van der Waals surface area contributed by atoms with Crippen LogP contribution in [0, 0.1) is 11.6 Å². The van der Waals surface area contributed by atoms with E-state index in [9.17, 15) is 13.6 Å². The van der Waals surface area contributed by atoms with Crippen LogP contribution in [0.15, 0.2) is 66.9 Å². The van der Waals surface area contributed by atoms with Gasteiger partial charge in [0.05, 0.1) is 31.1 Å². The molecule has 0 unspecified atom stereocenters. The summed E-state index contributed by atoms with van der Waals surface area (Å²) in [5.74, 6) is -0.0394. The normalized spacial score (nSPS) is 10.7. The Balaban J connectivity index is 1.65. The Hall–Kier alpha value is -4.40. The molecule has 0 aliphatic heterocycles. The molecular formula is C24H19F2N3O4. The van der Waals surface area contributed by atoms with Crippen molar-refractivity contribution in [2.24, 2.45) is 5.73 Å². The molecule has 0 atom stereocenters. The smallest absolute Gasteiger partial charge is 0.323 e. The fourth-order valence-electron chi connectivity index (χ4n) is 3.35. The predicted octanol–water partition coefficient (Wildman–Crippen LogP) is 5.54. The van der Waals surface area contributed by atoms with Crippen molar-refractivity contribution >= 4 is 28.3 Å². The number of hydrogen-bond donors (Lipinski definition) is 1. The number of anilines is 2. The average Bonchev–Trinajstić information content (AvgIpc) is 2.81. The number of carbonyl (C=O) groups is 1. The second-order valence-corrected chi connectivity index (χ2v) is 6.90. The minimum atomic E-state index is -1.09. The van der Waals surface area contributed by atoms with E-state index >= 15 is 0 Å². The van der Waals surface area contributed by atoms with Crippen LogP contribution in [0.4, 0.5) is 25.0 Å². The van der Waals surface area contributed by atoms with Crippen LogP contribution < -0.4 is 24.8 Å². The maximum atomic E-state index is 13.7. The van der Waals surface area contributed by atoms with Crippen molar-refractivity contribution in [1.29, 1.82) is 0 Å². The van der Waals surface area contributed by atoms with Gasteiger partial charge in [-0.15, -0.1) is 0 Å². The molecule has 4 aromatic rings. The number of urea groups is 1. The topological polar surface area (TPSA) is 86.9 Å². The lowest BCUT2D eigenvalue weighted by Gasteiger charge is -2.21. The molecule has 3 aromatic carbocycles. The molecular weight excluding hydrogens is 432 g/mol. The molecule has 1 aromatic heterocycles. The van der Waals surface area contributed by atoms with E-state index in [-0.39, 0.29) is 5.69 Å². The number of benzene rings is 3. The van der Waals surface area contributed by atoms with Gasteiger partial charge in [-0.1, -0.05) is 0 Å². The van der Waals surface area contributed by atoms with Gasteiger partial charge in [0.15, 0.2) is 23.1 Å². The van der Waals surface area contributed by atoms with E-state index in [0.717, 1.165) is 17.0 Å². The molecule has 0 spiro atoms. The quantitative estimate of drug-likeness (QED) is 0.416. The van der Waals surface area contributed by atoms with Gasteiger partial charge in [0.25, 0.3) is 0 Å². The summed E-state index contributed by atoms with van der Waals surface area (Å²) in [6.07, 6.45) is 1.61. The molecule has 7 nitrogen and oxygen atoms in total. The minimum absolute atomic E-state index is 0.0937. The lowest BCUT2D eigenvalue weighted by molar-refractivity contribution is 0.256. The van der Waals surface area contributed by atoms with Crippen LogP contribution in [-0.4, -0.2) is 25.2 Å². The van der Waals surface area contributed by atoms with E-state index in [0.29, 0.717) is 39.6 Å². The van der Waals surface area contributed by atoms with Crippen LogP contribution in [0.2, 0.25) is 0 Å². The Morgan fingerprint density at radius 1 is 0.848 bits per heavy atom. The summed E-state index contributed by atoms with van der Waals surface area (Å²) in [5.41, 5.74) is 6.57. The van der Waals surface area contributed by atoms with Crippen LogP contribution >= 0.6 is 0 Å². The predicted molar refractivity (Wildman–Crippen MR) is 119 cm³/mol. The van der Waals surface area contributed by atoms with E-state index in [1.54, 1.807) is 55.8 Å². The number of aromatic nitrogens is 1. The van der Waals surface area contributed by atoms with Gasteiger partial charge in [-0.2, -0.15) is 0 Å². The number of nitrogens with two attached hydrogens (primary N) is 1. The first-order chi connectivity index (χ1) is 15.9.